The zero-order valence-electron chi connectivity index (χ0n) is 14.1. The van der Waals surface area contributed by atoms with E-state index in [0.717, 1.165) is 43.6 Å². The summed E-state index contributed by atoms with van der Waals surface area (Å²) in [6.07, 6.45) is 4.35. The Morgan fingerprint density at radius 1 is 1.12 bits per heavy atom. The van der Waals surface area contributed by atoms with Crippen molar-refractivity contribution in [3.63, 3.8) is 0 Å². The normalized spacial score (nSPS) is 16.5. The molecule has 0 spiro atoms. The Morgan fingerprint density at radius 3 is 2.71 bits per heavy atom. The van der Waals surface area contributed by atoms with Gasteiger partial charge in [-0.25, -0.2) is 0 Å². The maximum atomic E-state index is 13.1. The fraction of sp³-hybridized carbons (Fsp3) is 0.474. The molecule has 0 amide bonds. The molecule has 1 aromatic carbocycles. The van der Waals surface area contributed by atoms with Crippen molar-refractivity contribution in [2.45, 2.75) is 39.2 Å². The Morgan fingerprint density at radius 2 is 1.92 bits per heavy atom. The molecule has 1 saturated heterocycles. The number of hydrogen-bond donors (Lipinski definition) is 0. The van der Waals surface area contributed by atoms with Crippen molar-refractivity contribution >= 4 is 5.82 Å². The van der Waals surface area contributed by atoms with E-state index in [9.17, 15) is 4.79 Å². The third kappa shape index (κ3) is 2.48. The number of piperidine rings is 1. The van der Waals surface area contributed by atoms with Crippen LogP contribution in [0, 0.1) is 0 Å². The number of hydrogen-bond acceptors (Lipinski definition) is 4. The maximum absolute atomic E-state index is 13.1. The molecule has 2 aliphatic heterocycles. The van der Waals surface area contributed by atoms with E-state index >= 15 is 0 Å². The van der Waals surface area contributed by atoms with Gasteiger partial charge in [-0.15, -0.1) is 0 Å². The lowest BCUT2D eigenvalue weighted by Gasteiger charge is -2.30. The van der Waals surface area contributed by atoms with Gasteiger partial charge in [-0.1, -0.05) is 24.3 Å². The van der Waals surface area contributed by atoms with Crippen LogP contribution in [0.15, 0.2) is 29.1 Å². The van der Waals surface area contributed by atoms with Gasteiger partial charge < -0.3 is 14.2 Å². The summed E-state index contributed by atoms with van der Waals surface area (Å²) < 4.78 is 7.72. The number of aromatic nitrogens is 2. The van der Waals surface area contributed by atoms with E-state index in [1.807, 2.05) is 23.6 Å². The lowest BCUT2D eigenvalue weighted by molar-refractivity contribution is 0.323. The Bertz CT molecular complexity index is 807. The second-order valence-corrected chi connectivity index (χ2v) is 6.43. The highest BCUT2D eigenvalue weighted by Gasteiger charge is 2.26. The van der Waals surface area contributed by atoms with Crippen LogP contribution in [-0.4, -0.2) is 29.2 Å². The Hall–Kier alpha value is -2.30. The van der Waals surface area contributed by atoms with Gasteiger partial charge >= 0.3 is 0 Å². The monoisotopic (exact) mass is 325 g/mol. The van der Waals surface area contributed by atoms with Crippen molar-refractivity contribution < 1.29 is 4.74 Å². The maximum Gasteiger partial charge on any atom is 0.294 e. The van der Waals surface area contributed by atoms with Gasteiger partial charge in [0.15, 0.2) is 5.82 Å². The summed E-state index contributed by atoms with van der Waals surface area (Å²) in [6, 6.07) is 8.23. The lowest BCUT2D eigenvalue weighted by Crippen LogP contribution is -2.38. The molecule has 24 heavy (non-hydrogen) atoms. The van der Waals surface area contributed by atoms with Crippen molar-refractivity contribution in [3.8, 4) is 17.1 Å². The Kier molecular flexibility index (Phi) is 4.00. The Labute approximate surface area is 141 Å². The molecule has 1 aromatic heterocycles. The summed E-state index contributed by atoms with van der Waals surface area (Å²) >= 11 is 0. The largest absolute Gasteiger partial charge is 0.476 e. The second-order valence-electron chi connectivity index (χ2n) is 6.43. The van der Waals surface area contributed by atoms with Gasteiger partial charge in [0.25, 0.3) is 5.56 Å². The minimum atomic E-state index is 0.0184. The first kappa shape index (κ1) is 15.2. The fourth-order valence-electron chi connectivity index (χ4n) is 3.76. The van der Waals surface area contributed by atoms with E-state index in [4.69, 9.17) is 4.74 Å². The van der Waals surface area contributed by atoms with Crippen molar-refractivity contribution in [2.75, 3.05) is 24.6 Å². The van der Waals surface area contributed by atoms with Gasteiger partial charge in [0.1, 0.15) is 5.69 Å². The minimum Gasteiger partial charge on any atom is -0.476 e. The number of anilines is 1. The summed E-state index contributed by atoms with van der Waals surface area (Å²) in [5.74, 6) is 1.14. The van der Waals surface area contributed by atoms with Crippen LogP contribution in [-0.2, 0) is 13.0 Å². The van der Waals surface area contributed by atoms with E-state index in [1.165, 1.54) is 12.0 Å². The minimum absolute atomic E-state index is 0.0184. The number of ether oxygens (including phenoxy) is 1. The van der Waals surface area contributed by atoms with Gasteiger partial charge in [-0.2, -0.15) is 4.98 Å². The van der Waals surface area contributed by atoms with Crippen LogP contribution >= 0.6 is 0 Å². The number of fused-ring (bicyclic) bond motifs is 3. The van der Waals surface area contributed by atoms with Crippen LogP contribution in [0.4, 0.5) is 5.82 Å². The first-order chi connectivity index (χ1) is 11.8. The molecule has 126 valence electrons. The fourth-order valence-corrected chi connectivity index (χ4v) is 3.76. The van der Waals surface area contributed by atoms with E-state index in [2.05, 4.69) is 22.0 Å². The quantitative estimate of drug-likeness (QED) is 0.870. The van der Waals surface area contributed by atoms with Gasteiger partial charge in [0.2, 0.25) is 5.88 Å². The molecule has 2 aliphatic rings. The Balaban J connectivity index is 1.90. The number of rotatable bonds is 3. The molecule has 3 heterocycles. The summed E-state index contributed by atoms with van der Waals surface area (Å²) in [4.78, 5) is 19.9. The molecule has 2 aromatic rings. The van der Waals surface area contributed by atoms with Gasteiger partial charge in [-0.3, -0.25) is 4.79 Å². The summed E-state index contributed by atoms with van der Waals surface area (Å²) in [5.41, 5.74) is 3.18. The zero-order chi connectivity index (χ0) is 16.5. The highest BCUT2D eigenvalue weighted by atomic mass is 16.5. The van der Waals surface area contributed by atoms with E-state index < -0.39 is 0 Å². The zero-order valence-corrected chi connectivity index (χ0v) is 14.1. The number of aryl methyl sites for hydroxylation is 1. The molecule has 0 unspecified atom stereocenters. The van der Waals surface area contributed by atoms with E-state index in [1.54, 1.807) is 0 Å². The third-order valence-corrected chi connectivity index (χ3v) is 4.93. The standard InChI is InChI=1S/C19H23N3O2/c1-2-24-18-16-15-9-5-4-8-14(15)10-13-22(16)19(23)17(20-18)21-11-6-3-7-12-21/h4-5,8-9H,2-3,6-7,10-13H2,1H3. The highest BCUT2D eigenvalue weighted by molar-refractivity contribution is 5.71. The molecule has 0 N–H and O–H groups in total. The molecule has 4 rings (SSSR count). The predicted molar refractivity (Wildman–Crippen MR) is 94.9 cm³/mol. The number of nitrogens with zero attached hydrogens (tertiary/aromatic N) is 3. The summed E-state index contributed by atoms with van der Waals surface area (Å²) in [7, 11) is 0. The van der Waals surface area contributed by atoms with Gasteiger partial charge in [0.05, 0.1) is 6.61 Å². The third-order valence-electron chi connectivity index (χ3n) is 4.93. The van der Waals surface area contributed by atoms with Crippen LogP contribution in [0.5, 0.6) is 5.88 Å². The molecule has 1 fully saturated rings. The van der Waals surface area contributed by atoms with Gasteiger partial charge in [0, 0.05) is 25.2 Å². The topological polar surface area (TPSA) is 47.4 Å². The van der Waals surface area contributed by atoms with E-state index in [-0.39, 0.29) is 5.56 Å². The van der Waals surface area contributed by atoms with Gasteiger partial charge in [-0.05, 0) is 38.2 Å². The van der Waals surface area contributed by atoms with Crippen LogP contribution in [0.1, 0.15) is 31.7 Å². The van der Waals surface area contributed by atoms with Crippen LogP contribution in [0.25, 0.3) is 11.3 Å². The van der Waals surface area contributed by atoms with Crippen molar-refractivity contribution in [1.82, 2.24) is 9.55 Å². The van der Waals surface area contributed by atoms with Crippen molar-refractivity contribution in [2.24, 2.45) is 0 Å². The summed E-state index contributed by atoms with van der Waals surface area (Å²) in [5, 5.41) is 0. The number of benzene rings is 1. The molecule has 0 bridgehead atoms. The van der Waals surface area contributed by atoms with Crippen LogP contribution in [0.3, 0.4) is 0 Å². The molecular weight excluding hydrogens is 302 g/mol. The van der Waals surface area contributed by atoms with Crippen molar-refractivity contribution in [1.29, 1.82) is 0 Å². The second kappa shape index (κ2) is 6.30. The molecule has 0 atom stereocenters. The van der Waals surface area contributed by atoms with Crippen LogP contribution < -0.4 is 15.2 Å². The average molecular weight is 325 g/mol. The molecule has 5 heteroatoms. The van der Waals surface area contributed by atoms with Crippen LogP contribution in [0.2, 0.25) is 0 Å². The summed E-state index contributed by atoms with van der Waals surface area (Å²) in [6.45, 7) is 5.00. The smallest absolute Gasteiger partial charge is 0.294 e. The first-order valence-electron chi connectivity index (χ1n) is 8.90. The molecular formula is C19H23N3O2. The molecule has 5 nitrogen and oxygen atoms in total. The highest BCUT2D eigenvalue weighted by Crippen LogP contribution is 2.35. The van der Waals surface area contributed by atoms with E-state index in [0.29, 0.717) is 24.8 Å². The lowest BCUT2D eigenvalue weighted by atomic mass is 9.98. The molecule has 0 saturated carbocycles. The SMILES string of the molecule is CCOc1nc(N2CCCCC2)c(=O)n2c1-c1ccccc1CC2. The predicted octanol–water partition coefficient (Wildman–Crippen LogP) is 2.86. The average Bonchev–Trinajstić information content (AvgIpc) is 2.64. The molecule has 0 aliphatic carbocycles. The molecule has 0 radical (unpaired) electrons. The first-order valence-corrected chi connectivity index (χ1v) is 8.90. The van der Waals surface area contributed by atoms with Crippen molar-refractivity contribution in [3.05, 3.63) is 40.2 Å².